The van der Waals surface area contributed by atoms with Crippen molar-refractivity contribution in [3.63, 3.8) is 0 Å². The zero-order valence-electron chi connectivity index (χ0n) is 18.5. The molecular weight excluding hydrogens is 450 g/mol. The van der Waals surface area contributed by atoms with Gasteiger partial charge in [-0.1, -0.05) is 11.6 Å². The van der Waals surface area contributed by atoms with Gasteiger partial charge in [0.05, 0.1) is 18.9 Å². The first-order chi connectivity index (χ1) is 16.0. The number of hydrogen-bond donors (Lipinski definition) is 1. The van der Waals surface area contributed by atoms with E-state index in [1.807, 2.05) is 6.20 Å². The molecule has 12 heteroatoms. The van der Waals surface area contributed by atoms with Crippen LogP contribution in [0.5, 0.6) is 0 Å². The van der Waals surface area contributed by atoms with Crippen LogP contribution in [0.15, 0.2) is 42.6 Å². The summed E-state index contributed by atoms with van der Waals surface area (Å²) in [5.41, 5.74) is 3.15. The second-order valence-corrected chi connectivity index (χ2v) is 7.32. The van der Waals surface area contributed by atoms with Crippen LogP contribution in [0.2, 0.25) is 5.02 Å². The van der Waals surface area contributed by atoms with E-state index in [0.717, 1.165) is 30.9 Å². The fourth-order valence-corrected chi connectivity index (χ4v) is 3.17. The Morgan fingerprint density at radius 1 is 1.15 bits per heavy atom. The van der Waals surface area contributed by atoms with Gasteiger partial charge in [0.1, 0.15) is 5.70 Å². The Balaban J connectivity index is 1.97. The Morgan fingerprint density at radius 2 is 1.85 bits per heavy atom. The van der Waals surface area contributed by atoms with Crippen molar-refractivity contribution in [3.8, 4) is 5.69 Å². The Morgan fingerprint density at radius 3 is 2.52 bits per heavy atom. The maximum atomic E-state index is 12.7. The molecule has 0 bridgehead atoms. The zero-order valence-corrected chi connectivity index (χ0v) is 19.2. The number of ether oxygens (including phenoxy) is 2. The zero-order chi connectivity index (χ0) is 23.6. The van der Waals surface area contributed by atoms with E-state index in [1.165, 1.54) is 4.80 Å². The summed E-state index contributed by atoms with van der Waals surface area (Å²) in [5, 5.41) is 14.0. The summed E-state index contributed by atoms with van der Waals surface area (Å²) in [7, 11) is 0. The number of carbonyl (C=O) groups is 2. The fourth-order valence-electron chi connectivity index (χ4n) is 3.04. The third-order valence-corrected chi connectivity index (χ3v) is 4.81. The van der Waals surface area contributed by atoms with E-state index in [-0.39, 0.29) is 24.7 Å². The standard InChI is InChI=1S/C21H26ClN7O4/c1-3-32-20(30)25-28(21(31)33-4-2)18(8-7-15-27-13-5-6-14-27)19-23-26-29(24-19)17-11-9-16(22)10-12-17/h7-12,15H,3-6,13-14H2,1-2H3,(H,25,30)/b15-7+,18-8+. The van der Waals surface area contributed by atoms with Crippen molar-refractivity contribution in [2.24, 2.45) is 0 Å². The van der Waals surface area contributed by atoms with Crippen molar-refractivity contribution in [2.45, 2.75) is 26.7 Å². The van der Waals surface area contributed by atoms with Gasteiger partial charge in [-0.05, 0) is 74.5 Å². The van der Waals surface area contributed by atoms with E-state index in [0.29, 0.717) is 10.7 Å². The lowest BCUT2D eigenvalue weighted by Crippen LogP contribution is -2.45. The lowest BCUT2D eigenvalue weighted by Gasteiger charge is -2.22. The second kappa shape index (κ2) is 11.9. The smallest absolute Gasteiger partial charge is 0.433 e. The number of carbonyl (C=O) groups excluding carboxylic acids is 2. The van der Waals surface area contributed by atoms with Gasteiger partial charge in [0.2, 0.25) is 5.82 Å². The van der Waals surface area contributed by atoms with Gasteiger partial charge in [0.15, 0.2) is 0 Å². The number of amides is 2. The molecule has 0 unspecified atom stereocenters. The minimum absolute atomic E-state index is 0.0841. The normalized spacial score (nSPS) is 13.9. The van der Waals surface area contributed by atoms with Crippen LogP contribution in [0.25, 0.3) is 11.4 Å². The molecule has 2 heterocycles. The quantitative estimate of drug-likeness (QED) is 0.478. The third kappa shape index (κ3) is 6.69. The number of benzene rings is 1. The van der Waals surface area contributed by atoms with Crippen LogP contribution in [0.1, 0.15) is 32.5 Å². The van der Waals surface area contributed by atoms with Crippen LogP contribution >= 0.6 is 11.6 Å². The predicted molar refractivity (Wildman–Crippen MR) is 121 cm³/mol. The number of aromatic nitrogens is 4. The van der Waals surface area contributed by atoms with E-state index >= 15 is 0 Å². The molecule has 0 saturated carbocycles. The van der Waals surface area contributed by atoms with E-state index < -0.39 is 12.2 Å². The highest BCUT2D eigenvalue weighted by Crippen LogP contribution is 2.18. The number of tetrazole rings is 1. The molecule has 0 aliphatic carbocycles. The largest absolute Gasteiger partial charge is 0.449 e. The lowest BCUT2D eigenvalue weighted by molar-refractivity contribution is 0.0957. The Bertz CT molecular complexity index is 1000. The van der Waals surface area contributed by atoms with Gasteiger partial charge in [-0.15, -0.1) is 15.0 Å². The van der Waals surface area contributed by atoms with Crippen LogP contribution in [-0.2, 0) is 9.47 Å². The highest BCUT2D eigenvalue weighted by molar-refractivity contribution is 6.30. The van der Waals surface area contributed by atoms with Gasteiger partial charge in [-0.25, -0.2) is 15.0 Å². The van der Waals surface area contributed by atoms with Crippen molar-refractivity contribution < 1.29 is 19.1 Å². The number of hydrazine groups is 1. The lowest BCUT2D eigenvalue weighted by atomic mass is 10.3. The molecule has 0 spiro atoms. The number of nitrogens with one attached hydrogen (secondary N) is 1. The number of nitrogens with zero attached hydrogens (tertiary/aromatic N) is 6. The minimum Gasteiger partial charge on any atom is -0.449 e. The molecule has 1 aromatic carbocycles. The molecular formula is C21H26ClN7O4. The number of allylic oxidation sites excluding steroid dienone is 2. The van der Waals surface area contributed by atoms with Gasteiger partial charge in [-0.3, -0.25) is 0 Å². The van der Waals surface area contributed by atoms with Crippen molar-refractivity contribution in [1.29, 1.82) is 0 Å². The number of rotatable bonds is 7. The van der Waals surface area contributed by atoms with Crippen LogP contribution in [0, 0.1) is 0 Å². The van der Waals surface area contributed by atoms with Gasteiger partial charge in [-0.2, -0.15) is 5.01 Å². The Labute approximate surface area is 196 Å². The molecule has 1 aromatic heterocycles. The van der Waals surface area contributed by atoms with E-state index in [2.05, 4.69) is 25.7 Å². The maximum Gasteiger partial charge on any atom is 0.433 e. The summed E-state index contributed by atoms with van der Waals surface area (Å²) in [6, 6.07) is 6.85. The van der Waals surface area contributed by atoms with Gasteiger partial charge >= 0.3 is 12.2 Å². The molecule has 2 aromatic rings. The number of halogens is 1. The summed E-state index contributed by atoms with van der Waals surface area (Å²) in [6.45, 7) is 5.44. The van der Waals surface area contributed by atoms with E-state index in [1.54, 1.807) is 50.3 Å². The summed E-state index contributed by atoms with van der Waals surface area (Å²) in [6.07, 6.45) is 5.85. The molecule has 0 atom stereocenters. The fraction of sp³-hybridized carbons (Fsp3) is 0.381. The molecule has 0 radical (unpaired) electrons. The van der Waals surface area contributed by atoms with Crippen molar-refractivity contribution in [2.75, 3.05) is 26.3 Å². The van der Waals surface area contributed by atoms with Gasteiger partial charge in [0, 0.05) is 18.1 Å². The first kappa shape index (κ1) is 24.1. The molecule has 2 amide bonds. The van der Waals surface area contributed by atoms with Gasteiger partial charge < -0.3 is 14.4 Å². The van der Waals surface area contributed by atoms with Crippen LogP contribution in [0.3, 0.4) is 0 Å². The molecule has 1 aliphatic rings. The highest BCUT2D eigenvalue weighted by Gasteiger charge is 2.27. The average molecular weight is 476 g/mol. The Hall–Kier alpha value is -3.60. The van der Waals surface area contributed by atoms with E-state index in [9.17, 15) is 9.59 Å². The SMILES string of the molecule is CCOC(=O)NN(C(=O)OCC)/C(=C/C=C/N1CCCC1)c1nnn(-c2ccc(Cl)cc2)n1. The van der Waals surface area contributed by atoms with E-state index in [4.69, 9.17) is 21.1 Å². The predicted octanol–water partition coefficient (Wildman–Crippen LogP) is 3.39. The third-order valence-electron chi connectivity index (χ3n) is 4.56. The maximum absolute atomic E-state index is 12.7. The summed E-state index contributed by atoms with van der Waals surface area (Å²) in [4.78, 5) is 28.3. The average Bonchev–Trinajstić information content (AvgIpc) is 3.49. The second-order valence-electron chi connectivity index (χ2n) is 6.88. The molecule has 3 rings (SSSR count). The van der Waals surface area contributed by atoms with Crippen LogP contribution in [0.4, 0.5) is 9.59 Å². The molecule has 1 fully saturated rings. The monoisotopic (exact) mass is 475 g/mol. The van der Waals surface area contributed by atoms with Crippen LogP contribution < -0.4 is 5.43 Å². The summed E-state index contributed by atoms with van der Waals surface area (Å²) in [5.74, 6) is 0.0841. The minimum atomic E-state index is -0.829. The van der Waals surface area contributed by atoms with Crippen LogP contribution in [-0.4, -0.2) is 68.6 Å². The molecule has 11 nitrogen and oxygen atoms in total. The molecule has 1 N–H and O–H groups in total. The number of likely N-dealkylation sites (tertiary alicyclic amines) is 1. The Kier molecular flexibility index (Phi) is 8.64. The van der Waals surface area contributed by atoms with Crippen molar-refractivity contribution in [1.82, 2.24) is 35.5 Å². The summed E-state index contributed by atoms with van der Waals surface area (Å²) < 4.78 is 10.0. The molecule has 176 valence electrons. The number of hydrogen-bond acceptors (Lipinski definition) is 8. The van der Waals surface area contributed by atoms with Crippen molar-refractivity contribution in [3.05, 3.63) is 53.5 Å². The molecule has 1 aliphatic heterocycles. The summed E-state index contributed by atoms with van der Waals surface area (Å²) >= 11 is 5.95. The topological polar surface area (TPSA) is 115 Å². The molecule has 33 heavy (non-hydrogen) atoms. The highest BCUT2D eigenvalue weighted by atomic mass is 35.5. The first-order valence-electron chi connectivity index (χ1n) is 10.6. The van der Waals surface area contributed by atoms with Gasteiger partial charge in [0.25, 0.3) is 0 Å². The first-order valence-corrected chi connectivity index (χ1v) is 11.0. The van der Waals surface area contributed by atoms with Crippen molar-refractivity contribution >= 4 is 29.5 Å². The molecule has 1 saturated heterocycles.